The van der Waals surface area contributed by atoms with Crippen molar-refractivity contribution in [3.8, 4) is 34.2 Å². The van der Waals surface area contributed by atoms with E-state index in [0.717, 1.165) is 28.6 Å². The van der Waals surface area contributed by atoms with Crippen LogP contribution in [0.5, 0.6) is 0 Å². The highest BCUT2D eigenvalue weighted by atomic mass is 15.2. The molecule has 0 saturated heterocycles. The summed E-state index contributed by atoms with van der Waals surface area (Å²) in [7, 11) is 0. The zero-order chi connectivity index (χ0) is 23.6. The molecule has 35 heavy (non-hydrogen) atoms. The lowest BCUT2D eigenvalue weighted by Crippen LogP contribution is -2.53. The molecule has 6 aromatic rings. The number of benzene rings is 5. The minimum absolute atomic E-state index is 0.309. The van der Waals surface area contributed by atoms with Crippen LogP contribution in [0.25, 0.3) is 55.7 Å². The van der Waals surface area contributed by atoms with E-state index in [1.165, 1.54) is 32.7 Å². The van der Waals surface area contributed by atoms with Gasteiger partial charge in [-0.05, 0) is 71.8 Å². The van der Waals surface area contributed by atoms with Gasteiger partial charge >= 0.3 is 5.82 Å². The molecule has 0 N–H and O–H groups in total. The predicted octanol–water partition coefficient (Wildman–Crippen LogP) is 7.17. The smallest absolute Gasteiger partial charge is 0.217 e. The van der Waals surface area contributed by atoms with Crippen molar-refractivity contribution in [1.82, 2.24) is 9.97 Å². The van der Waals surface area contributed by atoms with Crippen molar-refractivity contribution >= 4 is 21.5 Å². The third-order valence-electron chi connectivity index (χ3n) is 7.25. The van der Waals surface area contributed by atoms with Gasteiger partial charge in [0.15, 0.2) is 0 Å². The lowest BCUT2D eigenvalue weighted by molar-refractivity contribution is -0.725. The van der Waals surface area contributed by atoms with Crippen LogP contribution in [0.2, 0.25) is 0 Å². The lowest BCUT2D eigenvalue weighted by Gasteiger charge is -2.22. The first-order valence-electron chi connectivity index (χ1n) is 12.0. The second kappa shape index (κ2) is 7.31. The van der Waals surface area contributed by atoms with Crippen LogP contribution in [0.1, 0.15) is 19.4 Å². The van der Waals surface area contributed by atoms with E-state index in [9.17, 15) is 0 Å². The van der Waals surface area contributed by atoms with E-state index in [-0.39, 0.29) is 5.54 Å². The molecule has 0 spiro atoms. The molecule has 0 radical (unpaired) electrons. The highest BCUT2D eigenvalue weighted by molar-refractivity contribution is 6.09. The number of hydrogen-bond donors (Lipinski definition) is 0. The Balaban J connectivity index is 1.58. The van der Waals surface area contributed by atoms with Gasteiger partial charge in [-0.1, -0.05) is 82.8 Å². The second-order valence-corrected chi connectivity index (χ2v) is 9.73. The lowest BCUT2D eigenvalue weighted by atomic mass is 9.89. The largest absolute Gasteiger partial charge is 0.308 e. The first-order valence-corrected chi connectivity index (χ1v) is 12.0. The van der Waals surface area contributed by atoms with Crippen molar-refractivity contribution in [3.05, 3.63) is 115 Å². The molecule has 5 aromatic carbocycles. The SMILES string of the molecule is CC1(C)c2cc3c(ccc4ccccc43)cc2-c2nc(-c3ccccc3)nc(-c3ccccc3)[n+]21. The van der Waals surface area contributed by atoms with E-state index in [4.69, 9.17) is 9.97 Å². The van der Waals surface area contributed by atoms with E-state index in [2.05, 4.69) is 103 Å². The zero-order valence-corrected chi connectivity index (χ0v) is 19.7. The molecule has 0 amide bonds. The van der Waals surface area contributed by atoms with Crippen molar-refractivity contribution in [2.24, 2.45) is 0 Å². The van der Waals surface area contributed by atoms with Gasteiger partial charge in [-0.2, -0.15) is 0 Å². The van der Waals surface area contributed by atoms with Gasteiger partial charge in [-0.3, -0.25) is 0 Å². The molecule has 0 saturated carbocycles. The maximum absolute atomic E-state index is 5.17. The topological polar surface area (TPSA) is 29.7 Å². The fraction of sp³-hybridized carbons (Fsp3) is 0.0938. The van der Waals surface area contributed by atoms with E-state index in [1.807, 2.05) is 24.3 Å². The van der Waals surface area contributed by atoms with Crippen molar-refractivity contribution < 1.29 is 4.57 Å². The highest BCUT2D eigenvalue weighted by Gasteiger charge is 2.45. The van der Waals surface area contributed by atoms with Crippen molar-refractivity contribution in [2.75, 3.05) is 0 Å². The molecule has 0 unspecified atom stereocenters. The first kappa shape index (κ1) is 20.0. The van der Waals surface area contributed by atoms with Crippen LogP contribution in [0.3, 0.4) is 0 Å². The summed E-state index contributed by atoms with van der Waals surface area (Å²) in [4.78, 5) is 10.3. The summed E-state index contributed by atoms with van der Waals surface area (Å²) < 4.78 is 2.32. The van der Waals surface area contributed by atoms with Crippen LogP contribution in [0.4, 0.5) is 0 Å². The summed E-state index contributed by atoms with van der Waals surface area (Å²) in [5.74, 6) is 2.65. The minimum Gasteiger partial charge on any atom is -0.217 e. The average Bonchev–Trinajstić information content (AvgIpc) is 3.14. The molecular weight excluding hydrogens is 426 g/mol. The molecular formula is C32H24N3+. The van der Waals surface area contributed by atoms with Gasteiger partial charge in [0.25, 0.3) is 11.6 Å². The highest BCUT2D eigenvalue weighted by Crippen LogP contribution is 2.42. The molecule has 0 fully saturated rings. The van der Waals surface area contributed by atoms with Crippen molar-refractivity contribution in [3.63, 3.8) is 0 Å². The Morgan fingerprint density at radius 2 is 1.20 bits per heavy atom. The molecule has 2 heterocycles. The number of hydrogen-bond acceptors (Lipinski definition) is 2. The molecule has 0 aliphatic carbocycles. The summed E-state index contributed by atoms with van der Waals surface area (Å²) >= 11 is 0. The number of fused-ring (bicyclic) bond motifs is 6. The molecule has 7 rings (SSSR count). The van der Waals surface area contributed by atoms with Crippen LogP contribution >= 0.6 is 0 Å². The monoisotopic (exact) mass is 450 g/mol. The van der Waals surface area contributed by atoms with E-state index in [0.29, 0.717) is 0 Å². The third kappa shape index (κ3) is 2.95. The summed E-state index contributed by atoms with van der Waals surface area (Å²) in [6.45, 7) is 4.55. The maximum Gasteiger partial charge on any atom is 0.308 e. The Bertz CT molecular complexity index is 1750. The number of nitrogens with zero attached hydrogens (tertiary/aromatic N) is 3. The minimum atomic E-state index is -0.309. The maximum atomic E-state index is 5.17. The van der Waals surface area contributed by atoms with E-state index < -0.39 is 0 Å². The summed E-state index contributed by atoms with van der Waals surface area (Å²) in [5.41, 5.74) is 4.25. The second-order valence-electron chi connectivity index (χ2n) is 9.73. The van der Waals surface area contributed by atoms with Gasteiger partial charge in [0.05, 0.1) is 16.7 Å². The van der Waals surface area contributed by atoms with Gasteiger partial charge in [0, 0.05) is 5.56 Å². The molecule has 1 aliphatic rings. The summed E-state index contributed by atoms with van der Waals surface area (Å²) in [5, 5.41) is 5.05. The van der Waals surface area contributed by atoms with Crippen LogP contribution in [-0.2, 0) is 5.54 Å². The van der Waals surface area contributed by atoms with E-state index >= 15 is 0 Å². The van der Waals surface area contributed by atoms with Gasteiger partial charge < -0.3 is 0 Å². The Hall–Kier alpha value is -4.37. The molecule has 1 aromatic heterocycles. The fourth-order valence-electron chi connectivity index (χ4n) is 5.50. The molecule has 3 nitrogen and oxygen atoms in total. The van der Waals surface area contributed by atoms with Gasteiger partial charge in [0.1, 0.15) is 5.54 Å². The molecule has 0 atom stereocenters. The predicted molar refractivity (Wildman–Crippen MR) is 142 cm³/mol. The van der Waals surface area contributed by atoms with Gasteiger partial charge in [-0.25, -0.2) is 4.57 Å². The zero-order valence-electron chi connectivity index (χ0n) is 19.7. The Morgan fingerprint density at radius 1 is 0.571 bits per heavy atom. The van der Waals surface area contributed by atoms with Crippen LogP contribution in [0.15, 0.2) is 109 Å². The quantitative estimate of drug-likeness (QED) is 0.207. The Kier molecular flexibility index (Phi) is 4.19. The van der Waals surface area contributed by atoms with Gasteiger partial charge in [-0.15, -0.1) is 0 Å². The molecule has 3 heteroatoms. The first-order chi connectivity index (χ1) is 17.1. The molecule has 166 valence electrons. The summed E-state index contributed by atoms with van der Waals surface area (Å²) in [6, 6.07) is 38.5. The Labute approximate surface area is 204 Å². The fourth-order valence-corrected chi connectivity index (χ4v) is 5.50. The molecule has 1 aliphatic heterocycles. The molecule has 0 bridgehead atoms. The van der Waals surface area contributed by atoms with Gasteiger partial charge in [0.2, 0.25) is 0 Å². The van der Waals surface area contributed by atoms with Crippen LogP contribution in [0, 0.1) is 0 Å². The number of rotatable bonds is 2. The normalized spacial score (nSPS) is 13.7. The van der Waals surface area contributed by atoms with Crippen molar-refractivity contribution in [2.45, 2.75) is 19.4 Å². The summed E-state index contributed by atoms with van der Waals surface area (Å²) in [6.07, 6.45) is 0. The van der Waals surface area contributed by atoms with Crippen LogP contribution < -0.4 is 4.57 Å². The van der Waals surface area contributed by atoms with Crippen LogP contribution in [-0.4, -0.2) is 9.97 Å². The van der Waals surface area contributed by atoms with Crippen molar-refractivity contribution in [1.29, 1.82) is 0 Å². The third-order valence-corrected chi connectivity index (χ3v) is 7.25. The number of aromatic nitrogens is 3. The Morgan fingerprint density at radius 3 is 1.97 bits per heavy atom. The average molecular weight is 451 g/mol. The van der Waals surface area contributed by atoms with E-state index in [1.54, 1.807) is 0 Å². The standard InChI is InChI=1S/C32H24N3/c1-32(2)28-20-26-24(18-17-21-11-9-10-16-25(21)26)19-27(28)31-34-29(22-12-5-3-6-13-22)33-30(35(31)32)23-14-7-4-8-15-23/h3-20H,1-2H3/q+1.